The van der Waals surface area contributed by atoms with Gasteiger partial charge in [-0.2, -0.15) is 0 Å². The molecule has 17 heavy (non-hydrogen) atoms. The molecule has 98 valence electrons. The predicted octanol–water partition coefficient (Wildman–Crippen LogP) is 1.58. The van der Waals surface area contributed by atoms with E-state index in [0.717, 1.165) is 26.0 Å². The SMILES string of the molecule is CCOC(=O)C(C)N1CCOC2CCCCC21. The Morgan fingerprint density at radius 3 is 3.00 bits per heavy atom. The summed E-state index contributed by atoms with van der Waals surface area (Å²) in [6, 6.07) is 0.279. The highest BCUT2D eigenvalue weighted by molar-refractivity contribution is 5.75. The van der Waals surface area contributed by atoms with Crippen molar-refractivity contribution in [1.82, 2.24) is 4.90 Å². The fourth-order valence-corrected chi connectivity index (χ4v) is 3.01. The van der Waals surface area contributed by atoms with Gasteiger partial charge in [0.1, 0.15) is 6.04 Å². The second-order valence-corrected chi connectivity index (χ2v) is 4.93. The zero-order valence-electron chi connectivity index (χ0n) is 10.9. The smallest absolute Gasteiger partial charge is 0.323 e. The molecule has 4 heteroatoms. The van der Waals surface area contributed by atoms with Crippen molar-refractivity contribution in [2.24, 2.45) is 0 Å². The maximum absolute atomic E-state index is 11.8. The highest BCUT2D eigenvalue weighted by Crippen LogP contribution is 2.29. The predicted molar refractivity (Wildman–Crippen MR) is 64.8 cm³/mol. The van der Waals surface area contributed by atoms with Crippen LogP contribution in [-0.2, 0) is 14.3 Å². The summed E-state index contributed by atoms with van der Waals surface area (Å²) in [7, 11) is 0. The number of hydrogen-bond donors (Lipinski definition) is 0. The van der Waals surface area contributed by atoms with Gasteiger partial charge in [0.25, 0.3) is 0 Å². The highest BCUT2D eigenvalue weighted by atomic mass is 16.5. The molecule has 3 unspecified atom stereocenters. The van der Waals surface area contributed by atoms with Gasteiger partial charge in [-0.25, -0.2) is 0 Å². The lowest BCUT2D eigenvalue weighted by atomic mass is 9.89. The minimum absolute atomic E-state index is 0.0984. The third-order valence-corrected chi connectivity index (χ3v) is 3.90. The van der Waals surface area contributed by atoms with Gasteiger partial charge in [0.15, 0.2) is 0 Å². The second kappa shape index (κ2) is 5.83. The maximum atomic E-state index is 11.8. The Hall–Kier alpha value is -0.610. The Morgan fingerprint density at radius 2 is 2.24 bits per heavy atom. The normalized spacial score (nSPS) is 31.6. The average molecular weight is 241 g/mol. The second-order valence-electron chi connectivity index (χ2n) is 4.93. The van der Waals surface area contributed by atoms with E-state index in [1.165, 1.54) is 12.8 Å². The van der Waals surface area contributed by atoms with E-state index in [9.17, 15) is 4.79 Å². The molecule has 1 heterocycles. The van der Waals surface area contributed by atoms with E-state index in [2.05, 4.69) is 4.90 Å². The van der Waals surface area contributed by atoms with Crippen LogP contribution in [0.5, 0.6) is 0 Å². The molecule has 0 N–H and O–H groups in total. The molecule has 1 aliphatic heterocycles. The van der Waals surface area contributed by atoms with Gasteiger partial charge in [-0.3, -0.25) is 9.69 Å². The van der Waals surface area contributed by atoms with Crippen molar-refractivity contribution < 1.29 is 14.3 Å². The number of esters is 1. The van der Waals surface area contributed by atoms with E-state index in [1.807, 2.05) is 13.8 Å². The van der Waals surface area contributed by atoms with Crippen LogP contribution >= 0.6 is 0 Å². The molecule has 1 aliphatic carbocycles. The fourth-order valence-electron chi connectivity index (χ4n) is 3.01. The number of carbonyl (C=O) groups excluding carboxylic acids is 1. The maximum Gasteiger partial charge on any atom is 0.323 e. The summed E-state index contributed by atoms with van der Waals surface area (Å²) < 4.78 is 10.9. The number of ether oxygens (including phenoxy) is 2. The van der Waals surface area contributed by atoms with Crippen molar-refractivity contribution in [1.29, 1.82) is 0 Å². The lowest BCUT2D eigenvalue weighted by molar-refractivity contribution is -0.157. The van der Waals surface area contributed by atoms with E-state index < -0.39 is 0 Å². The van der Waals surface area contributed by atoms with Gasteiger partial charge >= 0.3 is 5.97 Å². The molecule has 0 amide bonds. The van der Waals surface area contributed by atoms with Crippen LogP contribution in [0.3, 0.4) is 0 Å². The van der Waals surface area contributed by atoms with Crippen molar-refractivity contribution in [3.05, 3.63) is 0 Å². The van der Waals surface area contributed by atoms with Gasteiger partial charge in [0, 0.05) is 12.6 Å². The zero-order chi connectivity index (χ0) is 12.3. The van der Waals surface area contributed by atoms with Crippen LogP contribution < -0.4 is 0 Å². The molecule has 0 spiro atoms. The van der Waals surface area contributed by atoms with E-state index in [0.29, 0.717) is 18.8 Å². The van der Waals surface area contributed by atoms with Crippen LogP contribution in [0.15, 0.2) is 0 Å². The molecular weight excluding hydrogens is 218 g/mol. The first-order valence-electron chi connectivity index (χ1n) is 6.78. The summed E-state index contributed by atoms with van der Waals surface area (Å²) in [5, 5.41) is 0. The molecule has 2 fully saturated rings. The molecule has 0 aromatic rings. The minimum atomic E-state index is -0.135. The van der Waals surface area contributed by atoms with E-state index in [4.69, 9.17) is 9.47 Å². The molecule has 1 saturated carbocycles. The number of rotatable bonds is 3. The summed E-state index contributed by atoms with van der Waals surface area (Å²) in [5.41, 5.74) is 0. The van der Waals surface area contributed by atoms with Crippen LogP contribution in [0.4, 0.5) is 0 Å². The van der Waals surface area contributed by atoms with Crippen molar-refractivity contribution in [3.8, 4) is 0 Å². The van der Waals surface area contributed by atoms with Gasteiger partial charge in [-0.1, -0.05) is 12.8 Å². The Kier molecular flexibility index (Phi) is 4.40. The third-order valence-electron chi connectivity index (χ3n) is 3.90. The number of fused-ring (bicyclic) bond motifs is 1. The molecule has 3 atom stereocenters. The first-order chi connectivity index (χ1) is 8.24. The number of hydrogen-bond acceptors (Lipinski definition) is 4. The molecular formula is C13H23NO3. The lowest BCUT2D eigenvalue weighted by Crippen LogP contribution is -2.57. The number of morpholine rings is 1. The fraction of sp³-hybridized carbons (Fsp3) is 0.923. The van der Waals surface area contributed by atoms with Gasteiger partial charge in [0.05, 0.1) is 19.3 Å². The summed E-state index contributed by atoms with van der Waals surface area (Å²) >= 11 is 0. The Bertz CT molecular complexity index is 267. The Labute approximate surface area is 103 Å². The van der Waals surface area contributed by atoms with E-state index in [1.54, 1.807) is 0 Å². The Balaban J connectivity index is 2.00. The molecule has 2 aliphatic rings. The van der Waals surface area contributed by atoms with Gasteiger partial charge in [-0.05, 0) is 26.7 Å². The Morgan fingerprint density at radius 1 is 1.47 bits per heavy atom. The lowest BCUT2D eigenvalue weighted by Gasteiger charge is -2.45. The number of carbonyl (C=O) groups is 1. The molecule has 2 rings (SSSR count). The van der Waals surface area contributed by atoms with E-state index in [-0.39, 0.29) is 12.0 Å². The largest absolute Gasteiger partial charge is 0.465 e. The number of nitrogens with zero attached hydrogens (tertiary/aromatic N) is 1. The minimum Gasteiger partial charge on any atom is -0.465 e. The monoisotopic (exact) mass is 241 g/mol. The van der Waals surface area contributed by atoms with Gasteiger partial charge < -0.3 is 9.47 Å². The summed E-state index contributed by atoms with van der Waals surface area (Å²) in [5.74, 6) is -0.0984. The van der Waals surface area contributed by atoms with Crippen LogP contribution in [0.1, 0.15) is 39.5 Å². The van der Waals surface area contributed by atoms with E-state index >= 15 is 0 Å². The summed E-state index contributed by atoms with van der Waals surface area (Å²) in [6.07, 6.45) is 5.11. The van der Waals surface area contributed by atoms with Gasteiger partial charge in [0.2, 0.25) is 0 Å². The average Bonchev–Trinajstić information content (AvgIpc) is 2.37. The summed E-state index contributed by atoms with van der Waals surface area (Å²) in [6.45, 7) is 5.86. The van der Waals surface area contributed by atoms with Crippen molar-refractivity contribution in [2.45, 2.75) is 57.7 Å². The zero-order valence-corrected chi connectivity index (χ0v) is 10.9. The van der Waals surface area contributed by atoms with Crippen molar-refractivity contribution in [3.63, 3.8) is 0 Å². The first-order valence-corrected chi connectivity index (χ1v) is 6.78. The molecule has 0 aromatic carbocycles. The molecule has 4 nitrogen and oxygen atoms in total. The quantitative estimate of drug-likeness (QED) is 0.703. The van der Waals surface area contributed by atoms with Crippen LogP contribution in [-0.4, -0.2) is 48.8 Å². The van der Waals surface area contributed by atoms with Gasteiger partial charge in [-0.15, -0.1) is 0 Å². The standard InChI is InChI=1S/C13H23NO3/c1-3-16-13(15)10(2)14-8-9-17-12-7-5-4-6-11(12)14/h10-12H,3-9H2,1-2H3. The summed E-state index contributed by atoms with van der Waals surface area (Å²) in [4.78, 5) is 14.1. The van der Waals surface area contributed by atoms with Crippen molar-refractivity contribution >= 4 is 5.97 Å². The third kappa shape index (κ3) is 2.80. The van der Waals surface area contributed by atoms with Crippen molar-refractivity contribution in [2.75, 3.05) is 19.8 Å². The molecule has 0 bridgehead atoms. The highest BCUT2D eigenvalue weighted by Gasteiger charge is 2.38. The topological polar surface area (TPSA) is 38.8 Å². The van der Waals surface area contributed by atoms with Crippen LogP contribution in [0, 0.1) is 0 Å². The van der Waals surface area contributed by atoms with Crippen LogP contribution in [0.25, 0.3) is 0 Å². The molecule has 0 aromatic heterocycles. The molecule has 0 radical (unpaired) electrons. The molecule has 1 saturated heterocycles. The first kappa shape index (κ1) is 12.8. The van der Waals surface area contributed by atoms with Crippen LogP contribution in [0.2, 0.25) is 0 Å².